The van der Waals surface area contributed by atoms with E-state index in [1.807, 2.05) is 24.3 Å². The Morgan fingerprint density at radius 2 is 0.710 bits per heavy atom. The summed E-state index contributed by atoms with van der Waals surface area (Å²) in [7, 11) is 0. The first-order chi connectivity index (χ1) is 29.6. The van der Waals surface area contributed by atoms with Crippen molar-refractivity contribution in [1.82, 2.24) is 0 Å². The van der Waals surface area contributed by atoms with Crippen molar-refractivity contribution in [3.63, 3.8) is 0 Å². The molecule has 3 nitrogen and oxygen atoms in total. The maximum Gasteiger partial charge on any atom is 2.00 e. The van der Waals surface area contributed by atoms with Crippen molar-refractivity contribution in [3.8, 4) is 6.07 Å². The second-order valence-electron chi connectivity index (χ2n) is 15.4. The van der Waals surface area contributed by atoms with Gasteiger partial charge in [0.2, 0.25) is 0 Å². The van der Waals surface area contributed by atoms with Crippen LogP contribution in [0, 0.1) is 23.7 Å². The molecule has 322 valence electrons. The SMILES string of the molecule is N#CCCCc1ccccc1.N=C(CCCc1ccccc1)CCCc1ccccc1.NC(CCCc1ccccc1)CCCc1ccccc1.[Br-].[CH2-]CCc1ccccc1.[Mg+2]. The summed E-state index contributed by atoms with van der Waals surface area (Å²) in [6, 6.07) is 65.6. The topological polar surface area (TPSA) is 73.7 Å². The molecule has 0 heterocycles. The van der Waals surface area contributed by atoms with Gasteiger partial charge in [-0.15, -0.1) is 0 Å². The summed E-state index contributed by atoms with van der Waals surface area (Å²) in [5.74, 6) is 0. The summed E-state index contributed by atoms with van der Waals surface area (Å²) in [6.07, 6.45) is 17.9. The normalized spacial score (nSPS) is 9.84. The molecule has 62 heavy (non-hydrogen) atoms. The van der Waals surface area contributed by atoms with Crippen LogP contribution in [0.3, 0.4) is 0 Å². The molecule has 0 aliphatic rings. The number of rotatable bonds is 21. The zero-order chi connectivity index (χ0) is 42.6. The first kappa shape index (κ1) is 55.7. The molecule has 6 rings (SSSR count). The van der Waals surface area contributed by atoms with Crippen LogP contribution in [0.1, 0.15) is 104 Å². The van der Waals surface area contributed by atoms with Crippen LogP contribution >= 0.6 is 0 Å². The van der Waals surface area contributed by atoms with Crippen molar-refractivity contribution >= 4 is 28.8 Å². The molecule has 6 aromatic carbocycles. The van der Waals surface area contributed by atoms with E-state index >= 15 is 0 Å². The Balaban J connectivity index is 0.000000430. The summed E-state index contributed by atoms with van der Waals surface area (Å²) in [6.45, 7) is 3.78. The van der Waals surface area contributed by atoms with Gasteiger partial charge in [-0.3, -0.25) is 0 Å². The predicted octanol–water partition coefficient (Wildman–Crippen LogP) is 11.0. The average Bonchev–Trinajstić information content (AvgIpc) is 3.29. The minimum absolute atomic E-state index is 0. The standard InChI is InChI=1S/C19H25N.C19H23N.C10H11N.C9H11.BrH.Mg/c2*20-19(15-7-13-17-9-3-1-4-10-17)16-8-14-18-11-5-2-6-12-18;11-9-5-4-8-10-6-2-1-3-7-10;1-2-6-9-7-4-3-5-8-9;;/h1-6,9-12,19H,7-8,13-16,20H2;1-6,9-12,20H,7-8,13-16H2;1-3,6-7H,4-5,8H2;3-5,7-8H,1-2,6H2;1H;/q;;;-1;;+2/p-1. The Kier molecular flexibility index (Phi) is 34.5. The van der Waals surface area contributed by atoms with Crippen LogP contribution in [0.25, 0.3) is 0 Å². The van der Waals surface area contributed by atoms with Crippen molar-refractivity contribution in [2.75, 3.05) is 0 Å². The van der Waals surface area contributed by atoms with E-state index in [2.05, 4.69) is 171 Å². The van der Waals surface area contributed by atoms with Gasteiger partial charge in [0.25, 0.3) is 0 Å². The summed E-state index contributed by atoms with van der Waals surface area (Å²) in [4.78, 5) is 0. The maximum atomic E-state index is 8.29. The quantitative estimate of drug-likeness (QED) is 0.0327. The van der Waals surface area contributed by atoms with Crippen molar-refractivity contribution in [2.45, 2.75) is 115 Å². The summed E-state index contributed by atoms with van der Waals surface area (Å²) in [5.41, 5.74) is 15.4. The molecule has 0 spiro atoms. The Morgan fingerprint density at radius 1 is 0.452 bits per heavy atom. The van der Waals surface area contributed by atoms with Crippen LogP contribution in [-0.4, -0.2) is 34.8 Å². The average molecular weight is 901 g/mol. The molecular formula is C57H70BrMgN3. The number of benzene rings is 6. The van der Waals surface area contributed by atoms with Crippen molar-refractivity contribution in [2.24, 2.45) is 5.73 Å². The van der Waals surface area contributed by atoms with Gasteiger partial charge in [-0.05, 0) is 118 Å². The van der Waals surface area contributed by atoms with Crippen LogP contribution in [0.2, 0.25) is 0 Å². The fraction of sp³-hybridized carbons (Fsp3) is 0.316. The van der Waals surface area contributed by atoms with Crippen molar-refractivity contribution < 1.29 is 17.0 Å². The molecule has 0 radical (unpaired) electrons. The van der Waals surface area contributed by atoms with Gasteiger partial charge < -0.3 is 35.0 Å². The number of nitriles is 1. The van der Waals surface area contributed by atoms with E-state index in [9.17, 15) is 0 Å². The number of aryl methyl sites for hydroxylation is 6. The van der Waals surface area contributed by atoms with E-state index < -0.39 is 0 Å². The Labute approximate surface area is 403 Å². The fourth-order valence-corrected chi connectivity index (χ4v) is 6.86. The van der Waals surface area contributed by atoms with Gasteiger partial charge in [0, 0.05) is 18.2 Å². The van der Waals surface area contributed by atoms with E-state index in [0.717, 1.165) is 95.6 Å². The molecule has 0 aromatic heterocycles. The van der Waals surface area contributed by atoms with Gasteiger partial charge in [0.15, 0.2) is 0 Å². The number of unbranched alkanes of at least 4 members (excludes halogenated alkanes) is 1. The first-order valence-electron chi connectivity index (χ1n) is 22.3. The smallest absolute Gasteiger partial charge is 1.00 e. The molecule has 0 saturated heterocycles. The first-order valence-corrected chi connectivity index (χ1v) is 22.3. The molecule has 0 aliphatic carbocycles. The van der Waals surface area contributed by atoms with Gasteiger partial charge in [0.1, 0.15) is 0 Å². The zero-order valence-electron chi connectivity index (χ0n) is 37.2. The third-order valence-electron chi connectivity index (χ3n) is 10.2. The summed E-state index contributed by atoms with van der Waals surface area (Å²) >= 11 is 0. The molecule has 0 unspecified atom stereocenters. The molecule has 0 saturated carbocycles. The molecule has 0 aliphatic heterocycles. The predicted molar refractivity (Wildman–Crippen MR) is 264 cm³/mol. The maximum absolute atomic E-state index is 8.29. The number of nitrogens with zero attached hydrogens (tertiary/aromatic N) is 1. The molecule has 0 bridgehead atoms. The van der Waals surface area contributed by atoms with Crippen LogP contribution in [0.5, 0.6) is 0 Å². The molecule has 6 aromatic rings. The monoisotopic (exact) mass is 899 g/mol. The van der Waals surface area contributed by atoms with Gasteiger partial charge in [-0.2, -0.15) is 11.7 Å². The summed E-state index contributed by atoms with van der Waals surface area (Å²) < 4.78 is 0. The van der Waals surface area contributed by atoms with Crippen molar-refractivity contribution in [3.05, 3.63) is 222 Å². The fourth-order valence-electron chi connectivity index (χ4n) is 6.86. The van der Waals surface area contributed by atoms with Crippen molar-refractivity contribution in [1.29, 1.82) is 10.7 Å². The second-order valence-corrected chi connectivity index (χ2v) is 15.4. The van der Waals surface area contributed by atoms with E-state index in [1.54, 1.807) is 0 Å². The third-order valence-corrected chi connectivity index (χ3v) is 10.2. The summed E-state index contributed by atoms with van der Waals surface area (Å²) in [5, 5.41) is 16.3. The Bertz CT molecular complexity index is 1830. The van der Waals surface area contributed by atoms with E-state index in [0.29, 0.717) is 12.5 Å². The van der Waals surface area contributed by atoms with E-state index in [4.69, 9.17) is 16.4 Å². The molecule has 0 atom stereocenters. The molecule has 0 amide bonds. The number of nitrogens with two attached hydrogens (primary N) is 1. The van der Waals surface area contributed by atoms with Gasteiger partial charge in [-0.1, -0.05) is 194 Å². The van der Waals surface area contributed by atoms with Crippen LogP contribution in [0.15, 0.2) is 182 Å². The minimum atomic E-state index is 0. The number of hydrogen-bond acceptors (Lipinski definition) is 3. The largest absolute Gasteiger partial charge is 2.00 e. The van der Waals surface area contributed by atoms with Crippen LogP contribution in [0.4, 0.5) is 0 Å². The van der Waals surface area contributed by atoms with Gasteiger partial charge >= 0.3 is 23.1 Å². The van der Waals surface area contributed by atoms with Crippen LogP contribution < -0.4 is 22.7 Å². The minimum Gasteiger partial charge on any atom is -1.00 e. The van der Waals surface area contributed by atoms with E-state index in [-0.39, 0.29) is 40.0 Å². The third kappa shape index (κ3) is 29.1. The molecule has 0 fully saturated rings. The Morgan fingerprint density at radius 3 is 0.984 bits per heavy atom. The number of hydrogen-bond donors (Lipinski definition) is 2. The van der Waals surface area contributed by atoms with Crippen LogP contribution in [-0.2, 0) is 38.5 Å². The van der Waals surface area contributed by atoms with E-state index in [1.165, 1.54) is 46.2 Å². The Hall–Kier alpha value is -4.31. The number of nitrogens with one attached hydrogen (secondary N) is 1. The number of halogens is 1. The zero-order valence-corrected chi connectivity index (χ0v) is 40.2. The van der Waals surface area contributed by atoms with Gasteiger partial charge in [-0.25, -0.2) is 0 Å². The molecule has 3 N–H and O–H groups in total. The van der Waals surface area contributed by atoms with Gasteiger partial charge in [0.05, 0.1) is 6.07 Å². The second kappa shape index (κ2) is 38.4. The molecular weight excluding hydrogens is 831 g/mol. The molecule has 5 heteroatoms.